The third kappa shape index (κ3) is 2.22. The Labute approximate surface area is 121 Å². The lowest BCUT2D eigenvalue weighted by molar-refractivity contribution is 0.805. The molecule has 0 radical (unpaired) electrons. The molecule has 20 heavy (non-hydrogen) atoms. The maximum Gasteiger partial charge on any atom is 0.121 e. The number of thioether (sulfide) groups is 1. The van der Waals surface area contributed by atoms with Crippen molar-refractivity contribution in [2.24, 2.45) is 0 Å². The number of nitriles is 2. The molecule has 4 heteroatoms. The summed E-state index contributed by atoms with van der Waals surface area (Å²) in [6.45, 7) is 0. The van der Waals surface area contributed by atoms with Gasteiger partial charge < -0.3 is 5.32 Å². The van der Waals surface area contributed by atoms with E-state index in [0.29, 0.717) is 5.56 Å². The summed E-state index contributed by atoms with van der Waals surface area (Å²) in [7, 11) is 0. The van der Waals surface area contributed by atoms with Crippen LogP contribution in [0.15, 0.2) is 53.4 Å². The Morgan fingerprint density at radius 1 is 1.00 bits per heavy atom. The number of fused-ring (bicyclic) bond motifs is 1. The van der Waals surface area contributed by atoms with E-state index in [2.05, 4.69) is 17.5 Å². The molecule has 0 bridgehead atoms. The van der Waals surface area contributed by atoms with E-state index in [4.69, 9.17) is 5.26 Å². The van der Waals surface area contributed by atoms with Gasteiger partial charge in [0.25, 0.3) is 0 Å². The predicted octanol–water partition coefficient (Wildman–Crippen LogP) is 3.71. The minimum Gasteiger partial charge on any atom is -0.375 e. The van der Waals surface area contributed by atoms with Gasteiger partial charge in [0, 0.05) is 10.6 Å². The molecule has 2 aromatic rings. The summed E-state index contributed by atoms with van der Waals surface area (Å²) in [5.74, 6) is 0. The average molecular weight is 277 g/mol. The Morgan fingerprint density at radius 2 is 1.75 bits per heavy atom. The zero-order valence-corrected chi connectivity index (χ0v) is 11.4. The predicted molar refractivity (Wildman–Crippen MR) is 79.2 cm³/mol. The summed E-state index contributed by atoms with van der Waals surface area (Å²) in [6.07, 6.45) is 0. The first-order valence-corrected chi connectivity index (χ1v) is 7.11. The summed E-state index contributed by atoms with van der Waals surface area (Å²) in [5, 5.41) is 21.5. The lowest BCUT2D eigenvalue weighted by Gasteiger charge is -2.30. The highest BCUT2D eigenvalue weighted by Crippen LogP contribution is 2.42. The molecule has 0 saturated carbocycles. The number of benzene rings is 2. The molecule has 1 N–H and O–H groups in total. The van der Waals surface area contributed by atoms with Gasteiger partial charge in [-0.05, 0) is 29.8 Å². The van der Waals surface area contributed by atoms with Crippen molar-refractivity contribution in [3.8, 4) is 12.1 Å². The quantitative estimate of drug-likeness (QED) is 0.863. The Kier molecular flexibility index (Phi) is 3.33. The van der Waals surface area contributed by atoms with E-state index in [1.807, 2.05) is 36.4 Å². The molecule has 1 heterocycles. The van der Waals surface area contributed by atoms with Crippen LogP contribution in [0.4, 0.5) is 5.69 Å². The van der Waals surface area contributed by atoms with Crippen LogP contribution in [-0.2, 0) is 0 Å². The van der Waals surface area contributed by atoms with Gasteiger partial charge in [-0.1, -0.05) is 24.3 Å². The van der Waals surface area contributed by atoms with Gasteiger partial charge >= 0.3 is 0 Å². The molecule has 2 unspecified atom stereocenters. The normalized spacial score (nSPS) is 20.1. The second-order valence-corrected chi connectivity index (χ2v) is 5.70. The zero-order valence-electron chi connectivity index (χ0n) is 10.6. The molecule has 0 amide bonds. The van der Waals surface area contributed by atoms with E-state index >= 15 is 0 Å². The van der Waals surface area contributed by atoms with Crippen LogP contribution in [0.5, 0.6) is 0 Å². The van der Waals surface area contributed by atoms with Gasteiger partial charge in [0.05, 0.1) is 23.7 Å². The smallest absolute Gasteiger partial charge is 0.121 e. The van der Waals surface area contributed by atoms with Gasteiger partial charge in [-0.25, -0.2) is 0 Å². The summed E-state index contributed by atoms with van der Waals surface area (Å²) >= 11 is 1.58. The molecule has 0 aliphatic carbocycles. The minimum atomic E-state index is -0.183. The van der Waals surface area contributed by atoms with Gasteiger partial charge in [0.2, 0.25) is 0 Å². The molecule has 0 spiro atoms. The third-order valence-corrected chi connectivity index (χ3v) is 4.52. The second-order valence-electron chi connectivity index (χ2n) is 4.52. The fraction of sp³-hybridized carbons (Fsp3) is 0.125. The van der Waals surface area contributed by atoms with Gasteiger partial charge in [0.1, 0.15) is 5.25 Å². The van der Waals surface area contributed by atoms with Crippen LogP contribution in [0.1, 0.15) is 17.2 Å². The van der Waals surface area contributed by atoms with E-state index in [-0.39, 0.29) is 11.3 Å². The zero-order chi connectivity index (χ0) is 13.9. The lowest BCUT2D eigenvalue weighted by Crippen LogP contribution is -2.25. The molecule has 1 aliphatic rings. The van der Waals surface area contributed by atoms with Crippen molar-refractivity contribution in [1.82, 2.24) is 0 Å². The maximum atomic E-state index is 9.39. The molecule has 0 saturated heterocycles. The standard InChI is InChI=1S/C16H11N3S/c17-9-11-5-7-12(8-6-11)16-15(10-18)20-14-4-2-1-3-13(14)19-16/h1-8,15-16,19H. The molecule has 2 atom stereocenters. The van der Waals surface area contributed by atoms with Gasteiger partial charge in [-0.15, -0.1) is 11.8 Å². The van der Waals surface area contributed by atoms with Crippen LogP contribution < -0.4 is 5.32 Å². The number of hydrogen-bond donors (Lipinski definition) is 1. The summed E-state index contributed by atoms with van der Waals surface area (Å²) in [6, 6.07) is 19.8. The average Bonchev–Trinajstić information content (AvgIpc) is 2.53. The summed E-state index contributed by atoms with van der Waals surface area (Å²) in [5.41, 5.74) is 2.71. The molecular formula is C16H11N3S. The van der Waals surface area contributed by atoms with Crippen LogP contribution in [0.25, 0.3) is 0 Å². The van der Waals surface area contributed by atoms with Crippen LogP contribution in [0.3, 0.4) is 0 Å². The maximum absolute atomic E-state index is 9.39. The monoisotopic (exact) mass is 277 g/mol. The SMILES string of the molecule is N#Cc1ccc(C2Nc3ccccc3SC2C#N)cc1. The molecule has 1 aliphatic heterocycles. The van der Waals surface area contributed by atoms with Crippen LogP contribution >= 0.6 is 11.8 Å². The van der Waals surface area contributed by atoms with Gasteiger partial charge in [-0.2, -0.15) is 10.5 Å². The van der Waals surface area contributed by atoms with E-state index in [9.17, 15) is 5.26 Å². The number of hydrogen-bond acceptors (Lipinski definition) is 4. The minimum absolute atomic E-state index is 0.0624. The third-order valence-electron chi connectivity index (χ3n) is 3.28. The summed E-state index contributed by atoms with van der Waals surface area (Å²) in [4.78, 5) is 1.10. The topological polar surface area (TPSA) is 59.6 Å². The lowest BCUT2D eigenvalue weighted by atomic mass is 10.0. The number of anilines is 1. The highest BCUT2D eigenvalue weighted by atomic mass is 32.2. The molecule has 3 nitrogen and oxygen atoms in total. The number of nitrogens with zero attached hydrogens (tertiary/aromatic N) is 2. The van der Waals surface area contributed by atoms with Gasteiger partial charge in [-0.3, -0.25) is 0 Å². The van der Waals surface area contributed by atoms with E-state index < -0.39 is 0 Å². The van der Waals surface area contributed by atoms with Crippen molar-refractivity contribution >= 4 is 17.4 Å². The first-order chi connectivity index (χ1) is 9.81. The number of nitrogens with one attached hydrogen (secondary N) is 1. The molecule has 2 aromatic carbocycles. The Morgan fingerprint density at radius 3 is 2.45 bits per heavy atom. The fourth-order valence-electron chi connectivity index (χ4n) is 2.26. The van der Waals surface area contributed by atoms with Crippen molar-refractivity contribution in [1.29, 1.82) is 10.5 Å². The van der Waals surface area contributed by atoms with E-state index in [0.717, 1.165) is 16.1 Å². The first-order valence-electron chi connectivity index (χ1n) is 6.24. The van der Waals surface area contributed by atoms with Crippen LogP contribution in [-0.4, -0.2) is 5.25 Å². The largest absolute Gasteiger partial charge is 0.375 e. The Bertz CT molecular complexity index is 710. The molecule has 96 valence electrons. The van der Waals surface area contributed by atoms with E-state index in [1.54, 1.807) is 23.9 Å². The Balaban J connectivity index is 1.96. The molecule has 0 fully saturated rings. The van der Waals surface area contributed by atoms with Crippen molar-refractivity contribution in [2.45, 2.75) is 16.2 Å². The van der Waals surface area contributed by atoms with Crippen LogP contribution in [0, 0.1) is 22.7 Å². The fourth-order valence-corrected chi connectivity index (χ4v) is 3.36. The molecule has 3 rings (SSSR count). The second kappa shape index (κ2) is 5.28. The molecule has 0 aromatic heterocycles. The van der Waals surface area contributed by atoms with Crippen LogP contribution in [0.2, 0.25) is 0 Å². The highest BCUT2D eigenvalue weighted by molar-refractivity contribution is 8.00. The summed E-state index contributed by atoms with van der Waals surface area (Å²) < 4.78 is 0. The van der Waals surface area contributed by atoms with Crippen molar-refractivity contribution < 1.29 is 0 Å². The van der Waals surface area contributed by atoms with Crippen molar-refractivity contribution in [3.05, 3.63) is 59.7 Å². The molecular weight excluding hydrogens is 266 g/mol. The highest BCUT2D eigenvalue weighted by Gasteiger charge is 2.29. The van der Waals surface area contributed by atoms with E-state index in [1.165, 1.54) is 0 Å². The van der Waals surface area contributed by atoms with Crippen molar-refractivity contribution in [2.75, 3.05) is 5.32 Å². The van der Waals surface area contributed by atoms with Gasteiger partial charge in [0.15, 0.2) is 0 Å². The Hall–Kier alpha value is -2.43. The first kappa shape index (κ1) is 12.6. The van der Waals surface area contributed by atoms with Crippen molar-refractivity contribution in [3.63, 3.8) is 0 Å². The number of rotatable bonds is 1. The number of para-hydroxylation sites is 1.